The molecule has 2 saturated heterocycles. The Bertz CT molecular complexity index is 1920. The highest BCUT2D eigenvalue weighted by Crippen LogP contribution is 2.31. The Morgan fingerprint density at radius 1 is 0.340 bits per heavy atom. The van der Waals surface area contributed by atoms with E-state index in [-0.39, 0.29) is 12.5 Å². The summed E-state index contributed by atoms with van der Waals surface area (Å²) in [4.78, 5) is 13.5. The molecule has 2 rings (SSSR count). The van der Waals surface area contributed by atoms with Crippen molar-refractivity contribution >= 4 is 5.91 Å². The van der Waals surface area contributed by atoms with E-state index in [4.69, 9.17) is 18.9 Å². The Morgan fingerprint density at radius 2 is 0.623 bits per heavy atom. The van der Waals surface area contributed by atoms with Crippen molar-refractivity contribution in [1.82, 2.24) is 5.32 Å². The third kappa shape index (κ3) is 57.3. The summed E-state index contributed by atoms with van der Waals surface area (Å²) in [6.07, 6.45) is 85.2. The van der Waals surface area contributed by atoms with E-state index in [0.29, 0.717) is 12.8 Å². The van der Waals surface area contributed by atoms with Gasteiger partial charge in [-0.05, 0) is 51.4 Å². The highest BCUT2D eigenvalue weighted by molar-refractivity contribution is 5.76. The first kappa shape index (κ1) is 100. The van der Waals surface area contributed by atoms with Crippen molar-refractivity contribution in [3.05, 3.63) is 36.5 Å². The first-order chi connectivity index (χ1) is 52.1. The van der Waals surface area contributed by atoms with Crippen molar-refractivity contribution < 1.29 is 64.6 Å². The molecule has 2 aliphatic heterocycles. The average Bonchev–Trinajstić information content (AvgIpc) is 0.790. The number of allylic oxidation sites excluding steroid dienone is 6. The summed E-state index contributed by atoms with van der Waals surface area (Å²) in [6.45, 7) is 2.93. The Balaban J connectivity index is 1.53. The van der Waals surface area contributed by atoms with Crippen molar-refractivity contribution in [2.45, 2.75) is 524 Å². The lowest BCUT2D eigenvalue weighted by Crippen LogP contribution is -2.65. The number of hydrogen-bond donors (Lipinski definition) is 9. The van der Waals surface area contributed by atoms with Gasteiger partial charge >= 0.3 is 0 Å². The summed E-state index contributed by atoms with van der Waals surface area (Å²) in [5.41, 5.74) is 0. The predicted octanol–water partition coefficient (Wildman–Crippen LogP) is 22.7. The fourth-order valence-corrected chi connectivity index (χ4v) is 15.6. The number of carbonyl (C=O) groups excluding carboxylic acids is 1. The van der Waals surface area contributed by atoms with E-state index >= 15 is 0 Å². The Hall–Kier alpha value is -1.79. The lowest BCUT2D eigenvalue weighted by molar-refractivity contribution is -0.359. The molecular formula is C92H175NO13. The summed E-state index contributed by atoms with van der Waals surface area (Å²) in [5, 5.41) is 88.1. The number of unbranched alkanes of at least 4 members (excludes halogenated alkanes) is 61. The average molecular weight is 1500 g/mol. The topological polar surface area (TPSA) is 228 Å². The van der Waals surface area contributed by atoms with Gasteiger partial charge in [0.25, 0.3) is 0 Å². The number of aliphatic hydroxyl groups excluding tert-OH is 8. The van der Waals surface area contributed by atoms with Crippen molar-refractivity contribution in [2.75, 3.05) is 19.8 Å². The molecule has 2 fully saturated rings. The van der Waals surface area contributed by atoms with E-state index in [9.17, 15) is 45.6 Å². The molecule has 106 heavy (non-hydrogen) atoms. The van der Waals surface area contributed by atoms with Crippen LogP contribution in [0.4, 0.5) is 0 Å². The molecule has 14 nitrogen and oxygen atoms in total. The predicted molar refractivity (Wildman–Crippen MR) is 443 cm³/mol. The number of nitrogens with one attached hydrogen (secondary N) is 1. The fraction of sp³-hybridized carbons (Fsp3) is 0.924. The molecule has 12 atom stereocenters. The first-order valence-electron chi connectivity index (χ1n) is 46.2. The molecule has 0 aromatic heterocycles. The van der Waals surface area contributed by atoms with E-state index in [1.54, 1.807) is 0 Å². The molecule has 0 bridgehead atoms. The molecular weight excluding hydrogens is 1330 g/mol. The molecule has 12 unspecified atom stereocenters. The Labute approximate surface area is 652 Å². The summed E-state index contributed by atoms with van der Waals surface area (Å²) >= 11 is 0. The van der Waals surface area contributed by atoms with Gasteiger partial charge in [-0.3, -0.25) is 4.79 Å². The van der Waals surface area contributed by atoms with Gasteiger partial charge in [0.2, 0.25) is 5.91 Å². The fourth-order valence-electron chi connectivity index (χ4n) is 15.6. The third-order valence-electron chi connectivity index (χ3n) is 22.9. The van der Waals surface area contributed by atoms with Gasteiger partial charge in [0.05, 0.1) is 32.0 Å². The largest absolute Gasteiger partial charge is 0.394 e. The third-order valence-corrected chi connectivity index (χ3v) is 22.9. The molecule has 626 valence electrons. The number of aliphatic hydroxyl groups is 8. The van der Waals surface area contributed by atoms with Gasteiger partial charge in [0, 0.05) is 6.42 Å². The van der Waals surface area contributed by atoms with Crippen molar-refractivity contribution in [2.24, 2.45) is 0 Å². The highest BCUT2D eigenvalue weighted by Gasteiger charge is 2.51. The molecule has 0 radical (unpaired) electrons. The number of amides is 1. The van der Waals surface area contributed by atoms with Crippen LogP contribution in [0.5, 0.6) is 0 Å². The second-order valence-electron chi connectivity index (χ2n) is 32.8. The van der Waals surface area contributed by atoms with Crippen LogP contribution in [-0.2, 0) is 23.7 Å². The number of rotatable bonds is 80. The molecule has 14 heteroatoms. The van der Waals surface area contributed by atoms with Crippen LogP contribution in [0, 0.1) is 0 Å². The van der Waals surface area contributed by atoms with Crippen LogP contribution < -0.4 is 5.32 Å². The van der Waals surface area contributed by atoms with Gasteiger partial charge in [0.1, 0.15) is 48.8 Å². The molecule has 0 aliphatic carbocycles. The van der Waals surface area contributed by atoms with Gasteiger partial charge in [-0.15, -0.1) is 0 Å². The van der Waals surface area contributed by atoms with E-state index in [2.05, 4.69) is 55.6 Å². The maximum Gasteiger partial charge on any atom is 0.220 e. The van der Waals surface area contributed by atoms with E-state index < -0.39 is 86.8 Å². The lowest BCUT2D eigenvalue weighted by Gasteiger charge is -2.46. The van der Waals surface area contributed by atoms with Gasteiger partial charge in [-0.25, -0.2) is 0 Å². The van der Waals surface area contributed by atoms with Crippen LogP contribution in [-0.4, -0.2) is 140 Å². The minimum Gasteiger partial charge on any atom is -0.394 e. The number of carbonyl (C=O) groups is 1. The van der Waals surface area contributed by atoms with Crippen molar-refractivity contribution in [1.29, 1.82) is 0 Å². The minimum absolute atomic E-state index is 0.196. The zero-order valence-electron chi connectivity index (χ0n) is 69.2. The molecule has 0 aromatic carbocycles. The Kier molecular flexibility index (Phi) is 71.8. The molecule has 0 spiro atoms. The molecule has 9 N–H and O–H groups in total. The second kappa shape index (κ2) is 75.9. The maximum atomic E-state index is 13.5. The van der Waals surface area contributed by atoms with Gasteiger partial charge in [-0.1, -0.05) is 429 Å². The van der Waals surface area contributed by atoms with Crippen LogP contribution in [0.1, 0.15) is 450 Å². The maximum absolute atomic E-state index is 13.5. The van der Waals surface area contributed by atoms with E-state index in [1.807, 2.05) is 0 Å². The first-order valence-corrected chi connectivity index (χ1v) is 46.2. The standard InChI is InChI=1S/C92H175NO13/c1-3-5-7-9-11-13-15-17-19-21-23-25-27-29-31-33-35-36-37-38-39-40-41-42-43-44-46-48-50-52-54-56-58-60-62-64-66-68-70-72-74-76-84(97)93-80(79-103-91-89(102)87(100)90(83(78-95)105-91)106-92-88(101)86(99)85(98)82(77-94)104-92)81(96)75-73-71-69-67-65-63-61-59-57-55-53-51-49-47-45-34-32-30-28-26-24-22-20-18-16-14-12-10-8-6-4-2/h15,17,21,23,27,29,80-83,85-92,94-96,98-102H,3-14,16,18-20,22,24-26,28,30-79H2,1-2H3,(H,93,97)/b17-15-,23-21-,29-27-. The highest BCUT2D eigenvalue weighted by atomic mass is 16.7. The van der Waals surface area contributed by atoms with Crippen LogP contribution in [0.15, 0.2) is 36.5 Å². The second-order valence-corrected chi connectivity index (χ2v) is 32.8. The zero-order chi connectivity index (χ0) is 76.5. The molecule has 2 aliphatic rings. The Morgan fingerprint density at radius 3 is 0.953 bits per heavy atom. The van der Waals surface area contributed by atoms with Crippen LogP contribution in [0.2, 0.25) is 0 Å². The van der Waals surface area contributed by atoms with Crippen LogP contribution in [0.3, 0.4) is 0 Å². The quantitative estimate of drug-likeness (QED) is 0.0204. The monoisotopic (exact) mass is 1500 g/mol. The van der Waals surface area contributed by atoms with Crippen LogP contribution >= 0.6 is 0 Å². The molecule has 2 heterocycles. The number of ether oxygens (including phenoxy) is 4. The minimum atomic E-state index is -1.78. The summed E-state index contributed by atoms with van der Waals surface area (Å²) in [6, 6.07) is -0.829. The van der Waals surface area contributed by atoms with Gasteiger partial charge in [-0.2, -0.15) is 0 Å². The van der Waals surface area contributed by atoms with E-state index in [0.717, 1.165) is 64.2 Å². The molecule has 0 saturated carbocycles. The summed E-state index contributed by atoms with van der Waals surface area (Å²) < 4.78 is 23.0. The lowest BCUT2D eigenvalue weighted by atomic mass is 9.97. The van der Waals surface area contributed by atoms with Crippen molar-refractivity contribution in [3.63, 3.8) is 0 Å². The van der Waals surface area contributed by atoms with Crippen LogP contribution in [0.25, 0.3) is 0 Å². The molecule has 1 amide bonds. The number of hydrogen-bond acceptors (Lipinski definition) is 13. The van der Waals surface area contributed by atoms with Gasteiger partial charge < -0.3 is 65.1 Å². The molecule has 0 aromatic rings. The summed E-state index contributed by atoms with van der Waals surface area (Å²) in [7, 11) is 0. The SMILES string of the molecule is CCCCCCC/C=C\C/C=C\C/C=C\CCCCCCCCCCCCCCCCCCCCCCCCCCCCC(=O)NC(COC1OC(CO)C(OC2OC(CO)C(O)C(O)C2O)C(O)C1O)C(O)CCCCCCCCCCCCCCCCCCCCCCCCCCCCCCCCC. The summed E-state index contributed by atoms with van der Waals surface area (Å²) in [5.74, 6) is -0.196. The van der Waals surface area contributed by atoms with E-state index in [1.165, 1.54) is 360 Å². The van der Waals surface area contributed by atoms with Gasteiger partial charge in [0.15, 0.2) is 12.6 Å². The normalized spacial score (nSPS) is 21.4. The zero-order valence-corrected chi connectivity index (χ0v) is 69.2. The smallest absolute Gasteiger partial charge is 0.220 e. The van der Waals surface area contributed by atoms with Crippen molar-refractivity contribution in [3.8, 4) is 0 Å².